The Morgan fingerprint density at radius 1 is 1.17 bits per heavy atom. The van der Waals surface area contributed by atoms with Crippen molar-refractivity contribution in [1.82, 2.24) is 14.1 Å². The SMILES string of the molecule is CC[C@@]1(N2CCN(S(=O)(=O)c3ccc(Cl)cc3C)CC2)CCN(C(=O)C(C)C)C1. The second kappa shape index (κ2) is 8.53. The normalized spacial score (nSPS) is 24.4. The molecular weight excluding hydrogens is 410 g/mol. The molecule has 2 saturated heterocycles. The highest BCUT2D eigenvalue weighted by atomic mass is 35.5. The standard InChI is InChI=1S/C21H32ClN3O3S/c1-5-21(8-9-23(15-21)20(26)16(2)3)24-10-12-25(13-11-24)29(27,28)19-7-6-18(22)14-17(19)4/h6-7,14,16H,5,8-13,15H2,1-4H3/t21-/m1/s1. The van der Waals surface area contributed by atoms with E-state index in [4.69, 9.17) is 11.6 Å². The molecule has 29 heavy (non-hydrogen) atoms. The van der Waals surface area contributed by atoms with Crippen molar-refractivity contribution in [2.24, 2.45) is 5.92 Å². The molecule has 0 spiro atoms. The van der Waals surface area contributed by atoms with Crippen molar-refractivity contribution in [2.75, 3.05) is 39.3 Å². The fourth-order valence-corrected chi connectivity index (χ4v) is 6.48. The summed E-state index contributed by atoms with van der Waals surface area (Å²) in [5.74, 6) is 0.215. The van der Waals surface area contributed by atoms with Gasteiger partial charge in [0, 0.05) is 55.7 Å². The third-order valence-corrected chi connectivity index (χ3v) is 8.75. The van der Waals surface area contributed by atoms with Gasteiger partial charge in [-0.1, -0.05) is 32.4 Å². The van der Waals surface area contributed by atoms with Crippen LogP contribution in [-0.2, 0) is 14.8 Å². The number of halogens is 1. The highest BCUT2D eigenvalue weighted by molar-refractivity contribution is 7.89. The molecule has 1 atom stereocenters. The van der Waals surface area contributed by atoms with Gasteiger partial charge in [0.05, 0.1) is 4.90 Å². The number of piperazine rings is 1. The fourth-order valence-electron chi connectivity index (χ4n) is 4.62. The predicted molar refractivity (Wildman–Crippen MR) is 116 cm³/mol. The van der Waals surface area contributed by atoms with E-state index in [1.807, 2.05) is 18.7 Å². The number of hydrogen-bond donors (Lipinski definition) is 0. The van der Waals surface area contributed by atoms with Crippen LogP contribution < -0.4 is 0 Å². The third kappa shape index (κ3) is 4.33. The number of carbonyl (C=O) groups excluding carboxylic acids is 1. The van der Waals surface area contributed by atoms with E-state index < -0.39 is 10.0 Å². The van der Waals surface area contributed by atoms with E-state index >= 15 is 0 Å². The fraction of sp³-hybridized carbons (Fsp3) is 0.667. The quantitative estimate of drug-likeness (QED) is 0.704. The number of carbonyl (C=O) groups is 1. The number of benzene rings is 1. The maximum absolute atomic E-state index is 13.1. The van der Waals surface area contributed by atoms with E-state index in [1.165, 1.54) is 0 Å². The minimum Gasteiger partial charge on any atom is -0.341 e. The summed E-state index contributed by atoms with van der Waals surface area (Å²) in [6.07, 6.45) is 1.91. The van der Waals surface area contributed by atoms with Crippen LogP contribution in [0, 0.1) is 12.8 Å². The van der Waals surface area contributed by atoms with Crippen molar-refractivity contribution in [3.8, 4) is 0 Å². The summed E-state index contributed by atoms with van der Waals surface area (Å²) in [4.78, 5) is 17.2. The Balaban J connectivity index is 1.70. The molecule has 0 unspecified atom stereocenters. The summed E-state index contributed by atoms with van der Waals surface area (Å²) < 4.78 is 27.8. The van der Waals surface area contributed by atoms with Crippen LogP contribution >= 0.6 is 11.6 Å². The lowest BCUT2D eigenvalue weighted by Gasteiger charge is -2.45. The number of amides is 1. The Labute approximate surface area is 179 Å². The molecular formula is C21H32ClN3O3S. The summed E-state index contributed by atoms with van der Waals surface area (Å²) in [5.41, 5.74) is 0.625. The van der Waals surface area contributed by atoms with Crippen molar-refractivity contribution in [3.63, 3.8) is 0 Å². The first-order valence-electron chi connectivity index (χ1n) is 10.4. The number of likely N-dealkylation sites (tertiary alicyclic amines) is 1. The third-order valence-electron chi connectivity index (χ3n) is 6.46. The van der Waals surface area contributed by atoms with Crippen LogP contribution in [0.5, 0.6) is 0 Å². The van der Waals surface area contributed by atoms with Crippen molar-refractivity contribution < 1.29 is 13.2 Å². The van der Waals surface area contributed by atoms with E-state index in [2.05, 4.69) is 11.8 Å². The molecule has 2 aliphatic rings. The molecule has 1 amide bonds. The van der Waals surface area contributed by atoms with Gasteiger partial charge in [-0.2, -0.15) is 4.31 Å². The van der Waals surface area contributed by atoms with Crippen molar-refractivity contribution in [3.05, 3.63) is 28.8 Å². The molecule has 2 heterocycles. The van der Waals surface area contributed by atoms with Gasteiger partial charge in [0.1, 0.15) is 0 Å². The minimum atomic E-state index is -3.53. The number of aryl methyl sites for hydroxylation is 1. The van der Waals surface area contributed by atoms with Gasteiger partial charge < -0.3 is 4.90 Å². The summed E-state index contributed by atoms with van der Waals surface area (Å²) in [7, 11) is -3.53. The number of sulfonamides is 1. The lowest BCUT2D eigenvalue weighted by atomic mass is 9.92. The van der Waals surface area contributed by atoms with Gasteiger partial charge in [0.25, 0.3) is 0 Å². The molecule has 0 bridgehead atoms. The monoisotopic (exact) mass is 441 g/mol. The summed E-state index contributed by atoms with van der Waals surface area (Å²) in [6.45, 7) is 11.6. The predicted octanol–water partition coefficient (Wildman–Crippen LogP) is 2.99. The average Bonchev–Trinajstić information content (AvgIpc) is 3.13. The molecule has 0 N–H and O–H groups in total. The number of hydrogen-bond acceptors (Lipinski definition) is 4. The molecule has 1 aromatic rings. The second-order valence-electron chi connectivity index (χ2n) is 8.54. The van der Waals surface area contributed by atoms with E-state index in [-0.39, 0.29) is 17.4 Å². The number of rotatable bonds is 5. The van der Waals surface area contributed by atoms with E-state index in [0.29, 0.717) is 41.7 Å². The first-order chi connectivity index (χ1) is 13.6. The lowest BCUT2D eigenvalue weighted by Crippen LogP contribution is -2.59. The zero-order valence-corrected chi connectivity index (χ0v) is 19.4. The molecule has 0 aromatic heterocycles. The maximum Gasteiger partial charge on any atom is 0.243 e. The van der Waals surface area contributed by atoms with E-state index in [0.717, 1.165) is 25.9 Å². The first kappa shape index (κ1) is 22.5. The van der Waals surface area contributed by atoms with Crippen LogP contribution in [0.25, 0.3) is 0 Å². The van der Waals surface area contributed by atoms with Crippen LogP contribution in [0.15, 0.2) is 23.1 Å². The van der Waals surface area contributed by atoms with Crippen molar-refractivity contribution >= 4 is 27.5 Å². The van der Waals surface area contributed by atoms with Crippen LogP contribution in [0.3, 0.4) is 0 Å². The highest BCUT2D eigenvalue weighted by Gasteiger charge is 2.45. The molecule has 0 saturated carbocycles. The summed E-state index contributed by atoms with van der Waals surface area (Å²) in [5, 5.41) is 0.540. The molecule has 6 nitrogen and oxygen atoms in total. The largest absolute Gasteiger partial charge is 0.341 e. The zero-order chi connectivity index (χ0) is 21.4. The molecule has 8 heteroatoms. The van der Waals surface area contributed by atoms with Crippen LogP contribution in [-0.4, -0.2) is 73.2 Å². The molecule has 3 rings (SSSR count). The van der Waals surface area contributed by atoms with Gasteiger partial charge in [0.2, 0.25) is 15.9 Å². The molecule has 1 aromatic carbocycles. The van der Waals surface area contributed by atoms with Gasteiger partial charge in [0.15, 0.2) is 0 Å². The van der Waals surface area contributed by atoms with Crippen LogP contribution in [0.4, 0.5) is 0 Å². The molecule has 0 radical (unpaired) electrons. The average molecular weight is 442 g/mol. The Morgan fingerprint density at radius 3 is 2.38 bits per heavy atom. The molecule has 2 aliphatic heterocycles. The Morgan fingerprint density at radius 2 is 1.83 bits per heavy atom. The maximum atomic E-state index is 13.1. The van der Waals surface area contributed by atoms with E-state index in [1.54, 1.807) is 29.4 Å². The van der Waals surface area contributed by atoms with Gasteiger partial charge in [-0.25, -0.2) is 8.42 Å². The smallest absolute Gasteiger partial charge is 0.243 e. The molecule has 0 aliphatic carbocycles. The van der Waals surface area contributed by atoms with Gasteiger partial charge in [-0.05, 0) is 43.5 Å². The van der Waals surface area contributed by atoms with Crippen LogP contribution in [0.1, 0.15) is 39.2 Å². The van der Waals surface area contributed by atoms with Gasteiger partial charge in [-0.15, -0.1) is 0 Å². The van der Waals surface area contributed by atoms with Gasteiger partial charge >= 0.3 is 0 Å². The summed E-state index contributed by atoms with van der Waals surface area (Å²) in [6, 6.07) is 4.91. The van der Waals surface area contributed by atoms with Crippen LogP contribution in [0.2, 0.25) is 5.02 Å². The lowest BCUT2D eigenvalue weighted by molar-refractivity contribution is -0.134. The van der Waals surface area contributed by atoms with E-state index in [9.17, 15) is 13.2 Å². The highest BCUT2D eigenvalue weighted by Crippen LogP contribution is 2.34. The first-order valence-corrected chi connectivity index (χ1v) is 12.2. The topological polar surface area (TPSA) is 60.9 Å². The minimum absolute atomic E-state index is 0.00672. The molecule has 162 valence electrons. The Kier molecular flexibility index (Phi) is 6.63. The van der Waals surface area contributed by atoms with Crippen molar-refractivity contribution in [2.45, 2.75) is 51.0 Å². The number of nitrogens with zero attached hydrogens (tertiary/aromatic N) is 3. The summed E-state index contributed by atoms with van der Waals surface area (Å²) >= 11 is 5.99. The van der Waals surface area contributed by atoms with Crippen molar-refractivity contribution in [1.29, 1.82) is 0 Å². The Bertz CT molecular complexity index is 866. The second-order valence-corrected chi connectivity index (χ2v) is 10.9. The Hall–Kier alpha value is -1.15. The molecule has 2 fully saturated rings. The zero-order valence-electron chi connectivity index (χ0n) is 17.8. The van der Waals surface area contributed by atoms with Gasteiger partial charge in [-0.3, -0.25) is 9.69 Å².